The number of benzene rings is 1. The molecule has 4 nitrogen and oxygen atoms in total. The maximum Gasteiger partial charge on any atom is 0.249 e. The van der Waals surface area contributed by atoms with Crippen LogP contribution in [0.2, 0.25) is 0 Å². The van der Waals surface area contributed by atoms with Crippen LogP contribution < -0.4 is 10.2 Å². The van der Waals surface area contributed by atoms with Crippen LogP contribution >= 0.6 is 0 Å². The standard InChI is InChI=1S/C13H16N2O2/c1-8-4-5-9(2)11(6-8)15-7-12(16)14-10(3)13(15)17/h4-6,10H,7H2,1-3H3,(H,14,16). The predicted molar refractivity (Wildman–Crippen MR) is 65.9 cm³/mol. The van der Waals surface area contributed by atoms with E-state index in [0.717, 1.165) is 16.8 Å². The highest BCUT2D eigenvalue weighted by molar-refractivity contribution is 6.06. The number of hydrogen-bond acceptors (Lipinski definition) is 2. The molecular formula is C13H16N2O2. The van der Waals surface area contributed by atoms with Gasteiger partial charge in [0.1, 0.15) is 12.6 Å². The Bertz CT molecular complexity index is 482. The molecule has 1 atom stereocenters. The zero-order chi connectivity index (χ0) is 12.6. The first-order valence-electron chi connectivity index (χ1n) is 5.67. The molecule has 1 aromatic rings. The second kappa shape index (κ2) is 4.20. The Morgan fingerprint density at radius 2 is 2.00 bits per heavy atom. The summed E-state index contributed by atoms with van der Waals surface area (Å²) in [6.07, 6.45) is 0. The van der Waals surface area contributed by atoms with Crippen LogP contribution in [0.1, 0.15) is 18.1 Å². The molecule has 1 fully saturated rings. The van der Waals surface area contributed by atoms with Crippen LogP contribution in [0.4, 0.5) is 5.69 Å². The number of hydrogen-bond donors (Lipinski definition) is 1. The van der Waals surface area contributed by atoms with E-state index in [1.165, 1.54) is 0 Å². The second-order valence-corrected chi connectivity index (χ2v) is 4.50. The Kier molecular flexibility index (Phi) is 2.88. The number of piperazine rings is 1. The molecule has 1 N–H and O–H groups in total. The minimum atomic E-state index is -0.448. The molecule has 4 heteroatoms. The molecule has 1 aliphatic rings. The molecule has 0 aliphatic carbocycles. The van der Waals surface area contributed by atoms with Gasteiger partial charge >= 0.3 is 0 Å². The molecule has 1 saturated heterocycles. The summed E-state index contributed by atoms with van der Waals surface area (Å²) < 4.78 is 0. The molecule has 1 aromatic carbocycles. The largest absolute Gasteiger partial charge is 0.343 e. The number of rotatable bonds is 1. The average Bonchev–Trinajstić information content (AvgIpc) is 2.27. The van der Waals surface area contributed by atoms with Crippen LogP contribution in [0, 0.1) is 13.8 Å². The molecule has 17 heavy (non-hydrogen) atoms. The van der Waals surface area contributed by atoms with Crippen molar-refractivity contribution >= 4 is 17.5 Å². The molecule has 90 valence electrons. The number of amides is 2. The number of carbonyl (C=O) groups is 2. The van der Waals surface area contributed by atoms with E-state index in [-0.39, 0.29) is 18.4 Å². The molecule has 0 saturated carbocycles. The Morgan fingerprint density at radius 1 is 1.29 bits per heavy atom. The van der Waals surface area contributed by atoms with Crippen LogP contribution in [0.15, 0.2) is 18.2 Å². The lowest BCUT2D eigenvalue weighted by Gasteiger charge is -2.32. The quantitative estimate of drug-likeness (QED) is 0.789. The van der Waals surface area contributed by atoms with E-state index in [4.69, 9.17) is 0 Å². The average molecular weight is 232 g/mol. The summed E-state index contributed by atoms with van der Waals surface area (Å²) in [7, 11) is 0. The van der Waals surface area contributed by atoms with Gasteiger partial charge in [0.05, 0.1) is 0 Å². The van der Waals surface area contributed by atoms with E-state index in [9.17, 15) is 9.59 Å². The summed E-state index contributed by atoms with van der Waals surface area (Å²) in [6, 6.07) is 5.46. The number of nitrogens with zero attached hydrogens (tertiary/aromatic N) is 1. The van der Waals surface area contributed by atoms with Gasteiger partial charge in [0.2, 0.25) is 11.8 Å². The Morgan fingerprint density at radius 3 is 2.71 bits per heavy atom. The van der Waals surface area contributed by atoms with Crippen LogP contribution in [0.3, 0.4) is 0 Å². The highest BCUT2D eigenvalue weighted by Gasteiger charge is 2.31. The molecule has 1 aliphatic heterocycles. The van der Waals surface area contributed by atoms with Crippen LogP contribution in [0.25, 0.3) is 0 Å². The first kappa shape index (κ1) is 11.6. The van der Waals surface area contributed by atoms with Crippen molar-refractivity contribution in [2.75, 3.05) is 11.4 Å². The summed E-state index contributed by atoms with van der Waals surface area (Å²) in [5.41, 5.74) is 2.92. The van der Waals surface area contributed by atoms with Crippen molar-refractivity contribution in [3.63, 3.8) is 0 Å². The van der Waals surface area contributed by atoms with Gasteiger partial charge in [-0.3, -0.25) is 9.59 Å². The Balaban J connectivity index is 2.41. The molecule has 2 amide bonds. The summed E-state index contributed by atoms with van der Waals surface area (Å²) in [5.74, 6) is -0.170. The van der Waals surface area contributed by atoms with Crippen molar-refractivity contribution in [1.29, 1.82) is 0 Å². The first-order valence-corrected chi connectivity index (χ1v) is 5.67. The fraction of sp³-hybridized carbons (Fsp3) is 0.385. The smallest absolute Gasteiger partial charge is 0.249 e. The Labute approximate surface area is 101 Å². The monoisotopic (exact) mass is 232 g/mol. The lowest BCUT2D eigenvalue weighted by molar-refractivity contribution is -0.130. The molecule has 1 heterocycles. The fourth-order valence-corrected chi connectivity index (χ4v) is 2.02. The number of aryl methyl sites for hydroxylation is 2. The summed E-state index contributed by atoms with van der Waals surface area (Å²) in [5, 5.41) is 2.63. The van der Waals surface area contributed by atoms with Crippen molar-refractivity contribution < 1.29 is 9.59 Å². The van der Waals surface area contributed by atoms with Crippen molar-refractivity contribution in [2.24, 2.45) is 0 Å². The van der Waals surface area contributed by atoms with Crippen molar-refractivity contribution in [2.45, 2.75) is 26.8 Å². The third-order valence-electron chi connectivity index (χ3n) is 2.97. The van der Waals surface area contributed by atoms with Crippen molar-refractivity contribution in [1.82, 2.24) is 5.32 Å². The van der Waals surface area contributed by atoms with Gasteiger partial charge in [0.15, 0.2) is 0 Å². The SMILES string of the molecule is Cc1ccc(C)c(N2CC(=O)NC(C)C2=O)c1. The third kappa shape index (κ3) is 2.16. The maximum atomic E-state index is 12.0. The zero-order valence-corrected chi connectivity index (χ0v) is 10.3. The highest BCUT2D eigenvalue weighted by atomic mass is 16.2. The van der Waals surface area contributed by atoms with Gasteiger partial charge < -0.3 is 10.2 Å². The molecule has 1 unspecified atom stereocenters. The first-order chi connectivity index (χ1) is 7.99. The normalized spacial score (nSPS) is 20.4. The van der Waals surface area contributed by atoms with Crippen LogP contribution in [-0.4, -0.2) is 24.4 Å². The Hall–Kier alpha value is -1.84. The molecular weight excluding hydrogens is 216 g/mol. The lowest BCUT2D eigenvalue weighted by Crippen LogP contribution is -2.57. The van der Waals surface area contributed by atoms with Gasteiger partial charge in [-0.25, -0.2) is 0 Å². The van der Waals surface area contributed by atoms with Crippen molar-refractivity contribution in [3.05, 3.63) is 29.3 Å². The molecule has 0 radical (unpaired) electrons. The minimum absolute atomic E-state index is 0.0571. The van der Waals surface area contributed by atoms with Gasteiger partial charge in [0.25, 0.3) is 0 Å². The second-order valence-electron chi connectivity index (χ2n) is 4.50. The molecule has 0 bridgehead atoms. The number of anilines is 1. The van der Waals surface area contributed by atoms with E-state index in [0.29, 0.717) is 0 Å². The van der Waals surface area contributed by atoms with Gasteiger partial charge in [0, 0.05) is 5.69 Å². The van der Waals surface area contributed by atoms with E-state index < -0.39 is 6.04 Å². The zero-order valence-electron chi connectivity index (χ0n) is 10.3. The summed E-state index contributed by atoms with van der Waals surface area (Å²) >= 11 is 0. The number of nitrogens with one attached hydrogen (secondary N) is 1. The molecule has 0 aromatic heterocycles. The van der Waals surface area contributed by atoms with Gasteiger partial charge in [-0.05, 0) is 38.0 Å². The van der Waals surface area contributed by atoms with E-state index in [1.54, 1.807) is 11.8 Å². The van der Waals surface area contributed by atoms with Crippen LogP contribution in [0.5, 0.6) is 0 Å². The van der Waals surface area contributed by atoms with E-state index in [2.05, 4.69) is 5.32 Å². The lowest BCUT2D eigenvalue weighted by atomic mass is 10.1. The van der Waals surface area contributed by atoms with Gasteiger partial charge in [-0.2, -0.15) is 0 Å². The van der Waals surface area contributed by atoms with Crippen molar-refractivity contribution in [3.8, 4) is 0 Å². The summed E-state index contributed by atoms with van der Waals surface area (Å²) in [6.45, 7) is 5.73. The van der Waals surface area contributed by atoms with Gasteiger partial charge in [-0.1, -0.05) is 12.1 Å². The summed E-state index contributed by atoms with van der Waals surface area (Å²) in [4.78, 5) is 25.1. The maximum absolute atomic E-state index is 12.0. The molecule has 2 rings (SSSR count). The van der Waals surface area contributed by atoms with Gasteiger partial charge in [-0.15, -0.1) is 0 Å². The molecule has 0 spiro atoms. The predicted octanol–water partition coefficient (Wildman–Crippen LogP) is 1.15. The van der Waals surface area contributed by atoms with E-state index >= 15 is 0 Å². The fourth-order valence-electron chi connectivity index (χ4n) is 2.02. The van der Waals surface area contributed by atoms with E-state index in [1.807, 2.05) is 32.0 Å². The highest BCUT2D eigenvalue weighted by Crippen LogP contribution is 2.23. The topological polar surface area (TPSA) is 49.4 Å². The minimum Gasteiger partial charge on any atom is -0.343 e. The third-order valence-corrected chi connectivity index (χ3v) is 2.97. The number of carbonyl (C=O) groups excluding carboxylic acids is 2. The van der Waals surface area contributed by atoms with Crippen LogP contribution in [-0.2, 0) is 9.59 Å².